The average molecular weight is 348 g/mol. The first kappa shape index (κ1) is 17.2. The highest BCUT2D eigenvalue weighted by atomic mass is 19.1. The Kier molecular flexibility index (Phi) is 4.99. The average Bonchev–Trinajstić information content (AvgIpc) is 2.93. The Balaban J connectivity index is 1.83. The molecule has 6 heteroatoms. The summed E-state index contributed by atoms with van der Waals surface area (Å²) in [6.45, 7) is -0.0559. The van der Waals surface area contributed by atoms with Crippen molar-refractivity contribution in [3.63, 3.8) is 0 Å². The van der Waals surface area contributed by atoms with E-state index in [2.05, 4.69) is 11.4 Å². The van der Waals surface area contributed by atoms with Gasteiger partial charge in [0.15, 0.2) is 0 Å². The minimum absolute atomic E-state index is 0.0559. The van der Waals surface area contributed by atoms with Crippen LogP contribution in [0.2, 0.25) is 0 Å². The highest BCUT2D eigenvalue weighted by molar-refractivity contribution is 5.90. The van der Waals surface area contributed by atoms with E-state index in [4.69, 9.17) is 5.73 Å². The number of anilines is 2. The molecule has 0 aliphatic carbocycles. The first-order valence-electron chi connectivity index (χ1n) is 8.04. The molecule has 1 heterocycles. The lowest BCUT2D eigenvalue weighted by molar-refractivity contribution is -0.116. The van der Waals surface area contributed by atoms with E-state index in [0.717, 1.165) is 5.56 Å². The van der Waals surface area contributed by atoms with Crippen LogP contribution in [0.3, 0.4) is 0 Å². The lowest BCUT2D eigenvalue weighted by atomic mass is 10.1. The van der Waals surface area contributed by atoms with Gasteiger partial charge in [0.1, 0.15) is 24.1 Å². The van der Waals surface area contributed by atoms with Crippen LogP contribution in [0.1, 0.15) is 17.0 Å². The third-order valence-electron chi connectivity index (χ3n) is 4.00. The van der Waals surface area contributed by atoms with Gasteiger partial charge in [-0.25, -0.2) is 4.39 Å². The van der Waals surface area contributed by atoms with E-state index < -0.39 is 0 Å². The highest BCUT2D eigenvalue weighted by Crippen LogP contribution is 2.22. The van der Waals surface area contributed by atoms with Crippen molar-refractivity contribution in [2.45, 2.75) is 13.0 Å². The number of halogens is 1. The minimum Gasteiger partial charge on any atom is -0.397 e. The quantitative estimate of drug-likeness (QED) is 0.742. The van der Waals surface area contributed by atoms with Crippen LogP contribution in [-0.2, 0) is 17.8 Å². The van der Waals surface area contributed by atoms with Crippen molar-refractivity contribution >= 4 is 17.3 Å². The first-order chi connectivity index (χ1) is 12.6. The lowest BCUT2D eigenvalue weighted by Crippen LogP contribution is -2.21. The van der Waals surface area contributed by atoms with Gasteiger partial charge in [0.25, 0.3) is 0 Å². The Morgan fingerprint density at radius 1 is 1.15 bits per heavy atom. The van der Waals surface area contributed by atoms with Gasteiger partial charge in [0, 0.05) is 17.8 Å². The van der Waals surface area contributed by atoms with Crippen molar-refractivity contribution in [2.24, 2.45) is 0 Å². The molecule has 1 amide bonds. The van der Waals surface area contributed by atoms with Crippen LogP contribution in [0.5, 0.6) is 0 Å². The molecule has 3 rings (SSSR count). The predicted octanol–water partition coefficient (Wildman–Crippen LogP) is 3.31. The molecule has 0 spiro atoms. The molecular weight excluding hydrogens is 331 g/mol. The summed E-state index contributed by atoms with van der Waals surface area (Å²) in [6.07, 6.45) is 0.512. The molecule has 3 aromatic rings. The second kappa shape index (κ2) is 7.53. The molecular formula is C20H17FN4O. The summed E-state index contributed by atoms with van der Waals surface area (Å²) in [7, 11) is 0. The smallest absolute Gasteiger partial charge is 0.244 e. The van der Waals surface area contributed by atoms with Crippen LogP contribution >= 0.6 is 0 Å². The molecule has 0 fully saturated rings. The Labute approximate surface area is 150 Å². The molecule has 2 aromatic carbocycles. The molecule has 0 aliphatic heterocycles. The molecule has 3 N–H and O–H groups in total. The number of nitriles is 1. The zero-order valence-corrected chi connectivity index (χ0v) is 13.9. The number of nitrogens with two attached hydrogens (primary N) is 1. The topological polar surface area (TPSA) is 83.8 Å². The summed E-state index contributed by atoms with van der Waals surface area (Å²) < 4.78 is 14.6. The SMILES string of the molecule is N#Cc1cc(N)c(Cc2ccccc2)n1CC(=O)Nc1ccc(F)cc1. The van der Waals surface area contributed by atoms with Gasteiger partial charge in [-0.1, -0.05) is 30.3 Å². The highest BCUT2D eigenvalue weighted by Gasteiger charge is 2.16. The number of hydrogen-bond donors (Lipinski definition) is 2. The van der Waals surface area contributed by atoms with E-state index >= 15 is 0 Å². The largest absolute Gasteiger partial charge is 0.397 e. The molecule has 1 aromatic heterocycles. The Bertz CT molecular complexity index is 956. The molecule has 0 aliphatic rings. The summed E-state index contributed by atoms with van der Waals surface area (Å²) in [4.78, 5) is 12.4. The van der Waals surface area contributed by atoms with Crippen LogP contribution in [0, 0.1) is 17.1 Å². The normalized spacial score (nSPS) is 10.3. The number of hydrogen-bond acceptors (Lipinski definition) is 3. The summed E-state index contributed by atoms with van der Waals surface area (Å²) in [5, 5.41) is 12.0. The maximum atomic E-state index is 13.0. The molecule has 0 atom stereocenters. The van der Waals surface area contributed by atoms with Crippen molar-refractivity contribution < 1.29 is 9.18 Å². The molecule has 0 saturated carbocycles. The number of nitrogen functional groups attached to an aromatic ring is 1. The number of aromatic nitrogens is 1. The zero-order chi connectivity index (χ0) is 18.5. The van der Waals surface area contributed by atoms with Crippen LogP contribution in [0.25, 0.3) is 0 Å². The zero-order valence-electron chi connectivity index (χ0n) is 13.9. The Hall–Kier alpha value is -3.59. The van der Waals surface area contributed by atoms with E-state index in [1.165, 1.54) is 24.3 Å². The summed E-state index contributed by atoms with van der Waals surface area (Å²) in [5.41, 5.74) is 9.08. The number of nitrogens with one attached hydrogen (secondary N) is 1. The number of carbonyl (C=O) groups excluding carboxylic acids is 1. The number of amides is 1. The van der Waals surface area contributed by atoms with Gasteiger partial charge in [-0.3, -0.25) is 4.79 Å². The maximum absolute atomic E-state index is 13.0. The first-order valence-corrected chi connectivity index (χ1v) is 8.04. The van der Waals surface area contributed by atoms with Gasteiger partial charge < -0.3 is 15.6 Å². The molecule has 130 valence electrons. The second-order valence-corrected chi connectivity index (χ2v) is 5.85. The van der Waals surface area contributed by atoms with E-state index in [0.29, 0.717) is 29.2 Å². The van der Waals surface area contributed by atoms with E-state index in [1.54, 1.807) is 10.6 Å². The third kappa shape index (κ3) is 3.90. The summed E-state index contributed by atoms with van der Waals surface area (Å²) in [6, 6.07) is 18.8. The maximum Gasteiger partial charge on any atom is 0.244 e. The minimum atomic E-state index is -0.377. The Morgan fingerprint density at radius 3 is 2.50 bits per heavy atom. The standard InChI is InChI=1S/C20H17FN4O/c21-15-6-8-16(9-7-15)24-20(26)13-25-17(12-22)11-18(23)19(25)10-14-4-2-1-3-5-14/h1-9,11H,10,13,23H2,(H,24,26). The van der Waals surface area contributed by atoms with Crippen molar-refractivity contribution in [3.8, 4) is 6.07 Å². The van der Waals surface area contributed by atoms with E-state index in [-0.39, 0.29) is 18.3 Å². The van der Waals surface area contributed by atoms with Gasteiger partial charge >= 0.3 is 0 Å². The van der Waals surface area contributed by atoms with E-state index in [9.17, 15) is 14.4 Å². The number of rotatable bonds is 5. The fourth-order valence-corrected chi connectivity index (χ4v) is 2.75. The van der Waals surface area contributed by atoms with Crippen LogP contribution < -0.4 is 11.1 Å². The number of nitrogens with zero attached hydrogens (tertiary/aromatic N) is 2. The van der Waals surface area contributed by atoms with Crippen molar-refractivity contribution in [1.29, 1.82) is 5.26 Å². The van der Waals surface area contributed by atoms with Crippen LogP contribution in [0.15, 0.2) is 60.7 Å². The van der Waals surface area contributed by atoms with Gasteiger partial charge in [-0.05, 0) is 35.9 Å². The fourth-order valence-electron chi connectivity index (χ4n) is 2.75. The second-order valence-electron chi connectivity index (χ2n) is 5.85. The van der Waals surface area contributed by atoms with Crippen molar-refractivity contribution in [2.75, 3.05) is 11.1 Å². The molecule has 0 unspecified atom stereocenters. The Morgan fingerprint density at radius 2 is 1.85 bits per heavy atom. The van der Waals surface area contributed by atoms with Gasteiger partial charge in [-0.15, -0.1) is 0 Å². The van der Waals surface area contributed by atoms with Gasteiger partial charge in [0.05, 0.1) is 5.69 Å². The van der Waals surface area contributed by atoms with Crippen LogP contribution in [0.4, 0.5) is 15.8 Å². The van der Waals surface area contributed by atoms with Gasteiger partial charge in [0.2, 0.25) is 5.91 Å². The predicted molar refractivity (Wildman–Crippen MR) is 97.8 cm³/mol. The molecule has 5 nitrogen and oxygen atoms in total. The third-order valence-corrected chi connectivity index (χ3v) is 4.00. The number of benzene rings is 2. The lowest BCUT2D eigenvalue weighted by Gasteiger charge is -2.12. The molecule has 0 radical (unpaired) electrons. The van der Waals surface area contributed by atoms with E-state index in [1.807, 2.05) is 30.3 Å². The van der Waals surface area contributed by atoms with Gasteiger partial charge in [-0.2, -0.15) is 5.26 Å². The molecule has 26 heavy (non-hydrogen) atoms. The fraction of sp³-hybridized carbons (Fsp3) is 0.100. The van der Waals surface area contributed by atoms with Crippen LogP contribution in [-0.4, -0.2) is 10.5 Å². The number of carbonyl (C=O) groups is 1. The monoisotopic (exact) mass is 348 g/mol. The van der Waals surface area contributed by atoms with Crippen molar-refractivity contribution in [1.82, 2.24) is 4.57 Å². The molecule has 0 saturated heterocycles. The summed E-state index contributed by atoms with van der Waals surface area (Å²) in [5.74, 6) is -0.698. The molecule has 0 bridgehead atoms. The summed E-state index contributed by atoms with van der Waals surface area (Å²) >= 11 is 0. The van der Waals surface area contributed by atoms with Crippen molar-refractivity contribution in [3.05, 3.63) is 83.4 Å².